The number of aliphatic hydroxyl groups excluding tert-OH is 1. The van der Waals surface area contributed by atoms with Crippen LogP contribution in [0.1, 0.15) is 24.8 Å². The maximum atomic E-state index is 13.0. The first-order valence-corrected chi connectivity index (χ1v) is 11.4. The van der Waals surface area contributed by atoms with E-state index in [1.807, 2.05) is 47.5 Å². The number of carbonyl (C=O) groups is 1. The lowest BCUT2D eigenvalue weighted by molar-refractivity contribution is -0.130. The van der Waals surface area contributed by atoms with Crippen LogP contribution in [0.4, 0.5) is 0 Å². The van der Waals surface area contributed by atoms with Gasteiger partial charge in [0, 0.05) is 36.6 Å². The van der Waals surface area contributed by atoms with Crippen molar-refractivity contribution in [1.29, 1.82) is 0 Å². The van der Waals surface area contributed by atoms with Crippen molar-refractivity contribution in [2.45, 2.75) is 37.9 Å². The number of aryl methyl sites for hydroxylation is 1. The highest BCUT2D eigenvalue weighted by Crippen LogP contribution is 2.39. The van der Waals surface area contributed by atoms with Crippen LogP contribution in [0.25, 0.3) is 10.9 Å². The van der Waals surface area contributed by atoms with E-state index in [0.29, 0.717) is 36.2 Å². The first-order chi connectivity index (χ1) is 15.6. The van der Waals surface area contributed by atoms with Crippen LogP contribution in [0.3, 0.4) is 0 Å². The van der Waals surface area contributed by atoms with E-state index in [9.17, 15) is 9.90 Å². The third-order valence-corrected chi connectivity index (χ3v) is 7.07. The summed E-state index contributed by atoms with van der Waals surface area (Å²) in [7, 11) is 1.62. The summed E-state index contributed by atoms with van der Waals surface area (Å²) >= 11 is 0. The number of aliphatic hydroxyl groups is 1. The van der Waals surface area contributed by atoms with Crippen molar-refractivity contribution in [3.8, 4) is 11.5 Å². The number of H-pyrrole nitrogens is 1. The number of hydrogen-bond acceptors (Lipinski definition) is 4. The van der Waals surface area contributed by atoms with Crippen LogP contribution in [0.5, 0.6) is 11.5 Å². The number of likely N-dealkylation sites (tertiary alicyclic amines) is 1. The second-order valence-corrected chi connectivity index (χ2v) is 9.02. The Labute approximate surface area is 188 Å². The molecule has 1 saturated heterocycles. The molecule has 168 valence electrons. The van der Waals surface area contributed by atoms with Gasteiger partial charge >= 0.3 is 0 Å². The lowest BCUT2D eigenvalue weighted by atomic mass is 9.78. The smallest absolute Gasteiger partial charge is 0.222 e. The van der Waals surface area contributed by atoms with E-state index in [1.54, 1.807) is 7.11 Å². The van der Waals surface area contributed by atoms with Crippen molar-refractivity contribution >= 4 is 16.8 Å². The van der Waals surface area contributed by atoms with Crippen molar-refractivity contribution in [3.63, 3.8) is 0 Å². The Bertz CT molecular complexity index is 1090. The minimum atomic E-state index is -0.539. The zero-order valence-corrected chi connectivity index (χ0v) is 18.4. The molecule has 1 aromatic heterocycles. The molecule has 1 aliphatic carbocycles. The van der Waals surface area contributed by atoms with E-state index in [4.69, 9.17) is 9.47 Å². The number of carbonyl (C=O) groups excluding carboxylic acids is 1. The summed E-state index contributed by atoms with van der Waals surface area (Å²) in [6.45, 7) is 1.48. The van der Waals surface area contributed by atoms with Gasteiger partial charge in [-0.1, -0.05) is 30.3 Å². The fraction of sp³-hybridized carbons (Fsp3) is 0.423. The van der Waals surface area contributed by atoms with Gasteiger partial charge in [-0.05, 0) is 54.9 Å². The Morgan fingerprint density at radius 1 is 1.06 bits per heavy atom. The molecule has 5 rings (SSSR count). The van der Waals surface area contributed by atoms with Crippen LogP contribution in [-0.4, -0.2) is 53.3 Å². The molecule has 32 heavy (non-hydrogen) atoms. The molecular weight excluding hydrogens is 404 g/mol. The lowest BCUT2D eigenvalue weighted by Gasteiger charge is -2.35. The number of aromatic nitrogens is 1. The fourth-order valence-corrected chi connectivity index (χ4v) is 5.34. The standard InChI is InChI=1S/C26H30N2O4/c1-31-23-8-4-5-9-24(23)32-25-13-19-16-28(15-18(19)12-22(25)29)26(30)11-10-17-14-27-21-7-3-2-6-20(17)21/h2-9,14,18-19,22,25,27,29H,10-13,15-16H2,1H3/t18-,19+,22+,25+/m0/s1. The van der Waals surface area contributed by atoms with E-state index in [-0.39, 0.29) is 12.0 Å². The molecule has 2 aromatic carbocycles. The molecule has 0 radical (unpaired) electrons. The van der Waals surface area contributed by atoms with Crippen LogP contribution in [0.15, 0.2) is 54.7 Å². The van der Waals surface area contributed by atoms with Crippen molar-refractivity contribution < 1.29 is 19.4 Å². The zero-order valence-electron chi connectivity index (χ0n) is 18.4. The second-order valence-electron chi connectivity index (χ2n) is 9.02. The monoisotopic (exact) mass is 434 g/mol. The molecule has 3 aromatic rings. The van der Waals surface area contributed by atoms with E-state index in [2.05, 4.69) is 17.1 Å². The third kappa shape index (κ3) is 4.07. The number of benzene rings is 2. The summed E-state index contributed by atoms with van der Waals surface area (Å²) in [5.74, 6) is 2.21. The number of hydrogen-bond donors (Lipinski definition) is 2. The predicted molar refractivity (Wildman–Crippen MR) is 123 cm³/mol. The molecule has 2 aliphatic rings. The molecule has 0 unspecified atom stereocenters. The maximum Gasteiger partial charge on any atom is 0.222 e. The number of methoxy groups -OCH3 is 1. The van der Waals surface area contributed by atoms with Crippen molar-refractivity contribution in [2.75, 3.05) is 20.2 Å². The van der Waals surface area contributed by atoms with Gasteiger partial charge in [0.05, 0.1) is 13.2 Å². The quantitative estimate of drug-likeness (QED) is 0.619. The van der Waals surface area contributed by atoms with E-state index < -0.39 is 6.10 Å². The van der Waals surface area contributed by atoms with Gasteiger partial charge in [-0.15, -0.1) is 0 Å². The Kier molecular flexibility index (Phi) is 5.79. The summed E-state index contributed by atoms with van der Waals surface area (Å²) < 4.78 is 11.5. The Morgan fingerprint density at radius 2 is 1.78 bits per heavy atom. The predicted octanol–water partition coefficient (Wildman–Crippen LogP) is 3.79. The SMILES string of the molecule is COc1ccccc1O[C@@H]1C[C@@H]2CN(C(=O)CCc3c[nH]c4ccccc34)C[C@@H]2C[C@H]1O. The number of nitrogens with one attached hydrogen (secondary N) is 1. The number of para-hydroxylation sites is 3. The number of amides is 1. The van der Waals surface area contributed by atoms with Crippen LogP contribution in [-0.2, 0) is 11.2 Å². The molecule has 2 heterocycles. The topological polar surface area (TPSA) is 74.8 Å². The molecule has 6 nitrogen and oxygen atoms in total. The van der Waals surface area contributed by atoms with Gasteiger partial charge in [0.15, 0.2) is 11.5 Å². The van der Waals surface area contributed by atoms with Crippen LogP contribution >= 0.6 is 0 Å². The van der Waals surface area contributed by atoms with Gasteiger partial charge in [0.1, 0.15) is 6.10 Å². The van der Waals surface area contributed by atoms with Gasteiger partial charge < -0.3 is 24.5 Å². The lowest BCUT2D eigenvalue weighted by Crippen LogP contribution is -2.42. The van der Waals surface area contributed by atoms with Gasteiger partial charge in [-0.3, -0.25) is 4.79 Å². The second kappa shape index (κ2) is 8.87. The number of nitrogens with zero attached hydrogens (tertiary/aromatic N) is 1. The third-order valence-electron chi connectivity index (χ3n) is 7.07. The fourth-order valence-electron chi connectivity index (χ4n) is 5.34. The molecule has 0 spiro atoms. The van der Waals surface area contributed by atoms with Gasteiger partial charge in [0.2, 0.25) is 5.91 Å². The summed E-state index contributed by atoms with van der Waals surface area (Å²) in [6.07, 6.45) is 3.84. The van der Waals surface area contributed by atoms with Crippen LogP contribution in [0.2, 0.25) is 0 Å². The number of fused-ring (bicyclic) bond motifs is 2. The van der Waals surface area contributed by atoms with Crippen LogP contribution < -0.4 is 9.47 Å². The summed E-state index contributed by atoms with van der Waals surface area (Å²) in [6, 6.07) is 15.7. The van der Waals surface area contributed by atoms with Gasteiger partial charge in [-0.25, -0.2) is 0 Å². The van der Waals surface area contributed by atoms with E-state index in [0.717, 1.165) is 31.4 Å². The van der Waals surface area contributed by atoms with Gasteiger partial charge in [0.25, 0.3) is 0 Å². The molecule has 4 atom stereocenters. The molecule has 1 saturated carbocycles. The highest BCUT2D eigenvalue weighted by molar-refractivity contribution is 5.84. The van der Waals surface area contributed by atoms with Crippen molar-refractivity contribution in [3.05, 3.63) is 60.3 Å². The zero-order chi connectivity index (χ0) is 22.1. The first kappa shape index (κ1) is 20.9. The molecule has 1 amide bonds. The molecule has 0 bridgehead atoms. The summed E-state index contributed by atoms with van der Waals surface area (Å²) in [4.78, 5) is 18.2. The highest BCUT2D eigenvalue weighted by Gasteiger charge is 2.43. The average molecular weight is 435 g/mol. The van der Waals surface area contributed by atoms with E-state index in [1.165, 1.54) is 10.9 Å². The Balaban J connectivity index is 1.19. The molecular formula is C26H30N2O4. The van der Waals surface area contributed by atoms with E-state index >= 15 is 0 Å². The maximum absolute atomic E-state index is 13.0. The van der Waals surface area contributed by atoms with Crippen LogP contribution in [0, 0.1) is 11.8 Å². The Morgan fingerprint density at radius 3 is 2.59 bits per heavy atom. The normalized spacial score (nSPS) is 25.0. The summed E-state index contributed by atoms with van der Waals surface area (Å²) in [5, 5.41) is 11.9. The number of aromatic amines is 1. The number of ether oxygens (including phenoxy) is 2. The molecule has 2 fully saturated rings. The Hall–Kier alpha value is -2.99. The van der Waals surface area contributed by atoms with Gasteiger partial charge in [-0.2, -0.15) is 0 Å². The minimum absolute atomic E-state index is 0.196. The minimum Gasteiger partial charge on any atom is -0.493 e. The molecule has 1 aliphatic heterocycles. The highest BCUT2D eigenvalue weighted by atomic mass is 16.5. The first-order valence-electron chi connectivity index (χ1n) is 11.4. The van der Waals surface area contributed by atoms with Crippen molar-refractivity contribution in [2.24, 2.45) is 11.8 Å². The average Bonchev–Trinajstić information content (AvgIpc) is 3.42. The molecule has 2 N–H and O–H groups in total. The van der Waals surface area contributed by atoms with Crippen molar-refractivity contribution in [1.82, 2.24) is 9.88 Å². The number of rotatable bonds is 6. The summed E-state index contributed by atoms with van der Waals surface area (Å²) in [5.41, 5.74) is 2.29. The molecule has 6 heteroatoms. The largest absolute Gasteiger partial charge is 0.493 e.